The molecule has 0 aliphatic carbocycles. The molecule has 1 amide bonds. The van der Waals surface area contributed by atoms with Crippen LogP contribution >= 0.6 is 23.1 Å². The molecule has 2 aromatic carbocycles. The number of hydrogen-bond donors (Lipinski definition) is 1. The Balaban J connectivity index is 1.59. The number of amides is 1. The topological polar surface area (TPSA) is 68.0 Å². The van der Waals surface area contributed by atoms with Crippen LogP contribution in [0.5, 0.6) is 0 Å². The van der Waals surface area contributed by atoms with Crippen molar-refractivity contribution >= 4 is 55.9 Å². The van der Waals surface area contributed by atoms with E-state index in [0.29, 0.717) is 5.13 Å². The monoisotopic (exact) mass is 369 g/mol. The molecule has 4 aromatic rings. The van der Waals surface area contributed by atoms with Gasteiger partial charge in [-0.1, -0.05) is 60.4 Å². The molecule has 4 rings (SSSR count). The molecule has 0 saturated carbocycles. The number of hydrogen-bond acceptors (Lipinski definition) is 6. The number of carbonyl (C=O) groups is 1. The van der Waals surface area contributed by atoms with Gasteiger partial charge in [0.2, 0.25) is 11.0 Å². The molecule has 0 aliphatic heterocycles. The molecule has 2 heterocycles. The lowest BCUT2D eigenvalue weighted by molar-refractivity contribution is -0.115. The highest BCUT2D eigenvalue weighted by molar-refractivity contribution is 8.01. The van der Waals surface area contributed by atoms with Crippen molar-refractivity contribution in [2.45, 2.75) is 17.7 Å². The average molecular weight is 369 g/mol. The summed E-state index contributed by atoms with van der Waals surface area (Å²) in [4.78, 5) is 12.4. The van der Waals surface area contributed by atoms with Crippen molar-refractivity contribution in [3.8, 4) is 0 Å². The summed E-state index contributed by atoms with van der Waals surface area (Å²) in [5.41, 5.74) is 1.66. The maximum atomic E-state index is 12.4. The number of nitrogens with one attached hydrogen (secondary N) is 1. The smallest absolute Gasteiger partial charge is 0.230 e. The minimum absolute atomic E-state index is 0.125. The normalized spacial score (nSPS) is 11.2. The first-order valence-corrected chi connectivity index (χ1v) is 9.69. The van der Waals surface area contributed by atoms with E-state index in [1.807, 2.05) is 30.3 Å². The quantitative estimate of drug-likeness (QED) is 0.407. The number of fused-ring (bicyclic) bond motifs is 3. The number of furan rings is 1. The van der Waals surface area contributed by atoms with Gasteiger partial charge >= 0.3 is 0 Å². The Morgan fingerprint density at radius 2 is 2.12 bits per heavy atom. The second kappa shape index (κ2) is 6.85. The van der Waals surface area contributed by atoms with Crippen molar-refractivity contribution < 1.29 is 9.21 Å². The largest absolute Gasteiger partial charge is 0.464 e. The van der Waals surface area contributed by atoms with Gasteiger partial charge in [0.15, 0.2) is 4.34 Å². The zero-order valence-corrected chi connectivity index (χ0v) is 15.1. The number of anilines is 1. The van der Waals surface area contributed by atoms with Gasteiger partial charge < -0.3 is 9.73 Å². The Hall–Kier alpha value is -2.38. The van der Waals surface area contributed by atoms with Crippen molar-refractivity contribution in [1.29, 1.82) is 0 Å². The molecule has 0 saturated heterocycles. The van der Waals surface area contributed by atoms with Crippen LogP contribution in [0, 0.1) is 0 Å². The SMILES string of the molecule is CCSc1nnc(NC(=O)Cc2coc3ccc4ccccc4c23)s1. The van der Waals surface area contributed by atoms with E-state index in [-0.39, 0.29) is 12.3 Å². The van der Waals surface area contributed by atoms with Crippen LogP contribution in [0.3, 0.4) is 0 Å². The average Bonchev–Trinajstić information content (AvgIpc) is 3.22. The van der Waals surface area contributed by atoms with E-state index in [1.165, 1.54) is 11.3 Å². The van der Waals surface area contributed by atoms with Gasteiger partial charge in [0.25, 0.3) is 0 Å². The van der Waals surface area contributed by atoms with E-state index in [1.54, 1.807) is 18.0 Å². The Morgan fingerprint density at radius 1 is 1.24 bits per heavy atom. The lowest BCUT2D eigenvalue weighted by atomic mass is 10.0. The Labute approximate surface area is 152 Å². The summed E-state index contributed by atoms with van der Waals surface area (Å²) >= 11 is 3.00. The van der Waals surface area contributed by atoms with E-state index in [2.05, 4.69) is 28.5 Å². The number of nitrogens with zero attached hydrogens (tertiary/aromatic N) is 2. The maximum absolute atomic E-state index is 12.4. The minimum Gasteiger partial charge on any atom is -0.464 e. The van der Waals surface area contributed by atoms with Crippen LogP contribution in [-0.4, -0.2) is 21.9 Å². The molecule has 0 atom stereocenters. The van der Waals surface area contributed by atoms with Crippen LogP contribution in [0.4, 0.5) is 5.13 Å². The Kier molecular flexibility index (Phi) is 4.42. The fourth-order valence-corrected chi connectivity index (χ4v) is 4.45. The summed E-state index contributed by atoms with van der Waals surface area (Å²) in [5.74, 6) is 0.802. The summed E-state index contributed by atoms with van der Waals surface area (Å²) in [7, 11) is 0. The molecule has 0 spiro atoms. The molecule has 126 valence electrons. The fourth-order valence-electron chi connectivity index (χ4n) is 2.78. The lowest BCUT2D eigenvalue weighted by Gasteiger charge is -2.02. The molecule has 0 bridgehead atoms. The molecular formula is C18H15N3O2S2. The molecule has 25 heavy (non-hydrogen) atoms. The third kappa shape index (κ3) is 3.25. The van der Waals surface area contributed by atoms with Crippen molar-refractivity contribution in [3.63, 3.8) is 0 Å². The summed E-state index contributed by atoms with van der Waals surface area (Å²) < 4.78 is 6.49. The molecule has 0 radical (unpaired) electrons. The predicted octanol–water partition coefficient (Wildman–Crippen LogP) is 4.73. The molecule has 0 fully saturated rings. The van der Waals surface area contributed by atoms with Gasteiger partial charge in [-0.2, -0.15) is 0 Å². The zero-order chi connectivity index (χ0) is 17.2. The highest BCUT2D eigenvalue weighted by Crippen LogP contribution is 2.30. The second-order valence-corrected chi connectivity index (χ2v) is 7.94. The minimum atomic E-state index is -0.125. The first kappa shape index (κ1) is 16.1. The van der Waals surface area contributed by atoms with Gasteiger partial charge in [0, 0.05) is 10.9 Å². The Bertz CT molecular complexity index is 1050. The first-order valence-electron chi connectivity index (χ1n) is 7.88. The van der Waals surface area contributed by atoms with Crippen molar-refractivity contribution in [1.82, 2.24) is 10.2 Å². The summed E-state index contributed by atoms with van der Waals surface area (Å²) in [5, 5.41) is 14.6. The van der Waals surface area contributed by atoms with Gasteiger partial charge in [-0.15, -0.1) is 10.2 Å². The molecule has 0 unspecified atom stereocenters. The zero-order valence-electron chi connectivity index (χ0n) is 13.5. The van der Waals surface area contributed by atoms with Crippen LogP contribution in [0.2, 0.25) is 0 Å². The number of rotatable bonds is 5. The van der Waals surface area contributed by atoms with E-state index in [0.717, 1.165) is 37.4 Å². The van der Waals surface area contributed by atoms with E-state index in [4.69, 9.17) is 4.42 Å². The highest BCUT2D eigenvalue weighted by atomic mass is 32.2. The first-order chi connectivity index (χ1) is 12.2. The standard InChI is InChI=1S/C18H15N3O2S2/c1-2-24-18-21-20-17(25-18)19-15(22)9-12-10-23-14-8-7-11-5-3-4-6-13(11)16(12)14/h3-8,10H,2,9H2,1H3,(H,19,20,22). The van der Waals surface area contributed by atoms with Gasteiger partial charge in [-0.25, -0.2) is 0 Å². The molecule has 1 N–H and O–H groups in total. The molecule has 5 nitrogen and oxygen atoms in total. The molecular weight excluding hydrogens is 354 g/mol. The maximum Gasteiger partial charge on any atom is 0.230 e. The van der Waals surface area contributed by atoms with Crippen LogP contribution in [0.1, 0.15) is 12.5 Å². The van der Waals surface area contributed by atoms with Crippen LogP contribution < -0.4 is 5.32 Å². The number of thioether (sulfide) groups is 1. The number of carbonyl (C=O) groups excluding carboxylic acids is 1. The van der Waals surface area contributed by atoms with Crippen molar-refractivity contribution in [3.05, 3.63) is 48.2 Å². The van der Waals surface area contributed by atoms with Crippen molar-refractivity contribution in [2.75, 3.05) is 11.1 Å². The van der Waals surface area contributed by atoms with Gasteiger partial charge in [0.1, 0.15) is 5.58 Å². The third-order valence-corrected chi connectivity index (χ3v) is 5.67. The summed E-state index contributed by atoms with van der Waals surface area (Å²) in [6.07, 6.45) is 1.89. The highest BCUT2D eigenvalue weighted by Gasteiger charge is 2.14. The number of aromatic nitrogens is 2. The van der Waals surface area contributed by atoms with E-state index >= 15 is 0 Å². The number of benzene rings is 2. The van der Waals surface area contributed by atoms with Crippen LogP contribution in [-0.2, 0) is 11.2 Å². The fraction of sp³-hybridized carbons (Fsp3) is 0.167. The molecule has 2 aromatic heterocycles. The molecule has 0 aliphatic rings. The van der Waals surface area contributed by atoms with Gasteiger partial charge in [0.05, 0.1) is 12.7 Å². The van der Waals surface area contributed by atoms with Crippen molar-refractivity contribution in [2.24, 2.45) is 0 Å². The summed E-state index contributed by atoms with van der Waals surface area (Å²) in [6.45, 7) is 2.05. The second-order valence-electron chi connectivity index (χ2n) is 5.45. The van der Waals surface area contributed by atoms with Crippen LogP contribution in [0.25, 0.3) is 21.7 Å². The lowest BCUT2D eigenvalue weighted by Crippen LogP contribution is -2.14. The Morgan fingerprint density at radius 3 is 3.00 bits per heavy atom. The van der Waals surface area contributed by atoms with Gasteiger partial charge in [-0.3, -0.25) is 4.79 Å². The predicted molar refractivity (Wildman–Crippen MR) is 102 cm³/mol. The summed E-state index contributed by atoms with van der Waals surface area (Å²) in [6, 6.07) is 12.1. The van der Waals surface area contributed by atoms with Crippen LogP contribution in [0.15, 0.2) is 51.4 Å². The molecule has 7 heteroatoms. The van der Waals surface area contributed by atoms with E-state index in [9.17, 15) is 4.79 Å². The third-order valence-electron chi connectivity index (χ3n) is 3.81. The van der Waals surface area contributed by atoms with E-state index < -0.39 is 0 Å². The van der Waals surface area contributed by atoms with Gasteiger partial charge in [-0.05, 0) is 22.6 Å².